The summed E-state index contributed by atoms with van der Waals surface area (Å²) in [7, 11) is -3.01. The molecule has 1 aliphatic rings. The average molecular weight is 330 g/mol. The van der Waals surface area contributed by atoms with E-state index in [-0.39, 0.29) is 29.4 Å². The molecule has 1 aromatic rings. The van der Waals surface area contributed by atoms with Crippen LogP contribution in [-0.4, -0.2) is 43.3 Å². The van der Waals surface area contributed by atoms with E-state index in [0.717, 1.165) is 0 Å². The molecule has 0 N–H and O–H groups in total. The van der Waals surface area contributed by atoms with Gasteiger partial charge in [0.05, 0.1) is 11.5 Å². The zero-order valence-electron chi connectivity index (χ0n) is 12.3. The van der Waals surface area contributed by atoms with Gasteiger partial charge in [-0.2, -0.15) is 0 Å². The van der Waals surface area contributed by atoms with Gasteiger partial charge in [-0.25, -0.2) is 8.42 Å². The maximum Gasteiger partial charge on any atom is 0.254 e. The van der Waals surface area contributed by atoms with E-state index in [4.69, 9.17) is 11.6 Å². The lowest BCUT2D eigenvalue weighted by atomic mass is 10.1. The Morgan fingerprint density at radius 2 is 1.95 bits per heavy atom. The number of halogens is 1. The van der Waals surface area contributed by atoms with Crippen molar-refractivity contribution in [1.82, 2.24) is 4.90 Å². The van der Waals surface area contributed by atoms with Crippen LogP contribution < -0.4 is 0 Å². The quantitative estimate of drug-likeness (QED) is 0.853. The maximum absolute atomic E-state index is 12.7. The first-order chi connectivity index (χ1) is 9.78. The van der Waals surface area contributed by atoms with Crippen LogP contribution in [0, 0.1) is 5.92 Å². The molecule has 1 amide bonds. The van der Waals surface area contributed by atoms with Gasteiger partial charge in [0.25, 0.3) is 5.91 Å². The molecule has 1 aromatic carbocycles. The van der Waals surface area contributed by atoms with E-state index < -0.39 is 9.84 Å². The highest BCUT2D eigenvalue weighted by Crippen LogP contribution is 2.22. The van der Waals surface area contributed by atoms with Gasteiger partial charge in [0, 0.05) is 23.2 Å². The number of hydrogen-bond acceptors (Lipinski definition) is 3. The summed E-state index contributed by atoms with van der Waals surface area (Å²) in [6, 6.07) is 6.49. The summed E-state index contributed by atoms with van der Waals surface area (Å²) in [4.78, 5) is 14.4. The minimum atomic E-state index is -3.01. The van der Waals surface area contributed by atoms with Crippen molar-refractivity contribution in [2.45, 2.75) is 26.3 Å². The average Bonchev–Trinajstić information content (AvgIpc) is 2.76. The van der Waals surface area contributed by atoms with Gasteiger partial charge >= 0.3 is 0 Å². The third-order valence-corrected chi connectivity index (χ3v) is 5.57. The summed E-state index contributed by atoms with van der Waals surface area (Å²) in [6.07, 6.45) is 0.522. The molecule has 0 bridgehead atoms. The molecule has 0 spiro atoms. The van der Waals surface area contributed by atoms with E-state index >= 15 is 0 Å². The van der Waals surface area contributed by atoms with Crippen molar-refractivity contribution < 1.29 is 13.2 Å². The number of carbonyl (C=O) groups excluding carboxylic acids is 1. The van der Waals surface area contributed by atoms with Crippen molar-refractivity contribution in [1.29, 1.82) is 0 Å². The van der Waals surface area contributed by atoms with Crippen LogP contribution in [0.25, 0.3) is 0 Å². The van der Waals surface area contributed by atoms with E-state index in [9.17, 15) is 13.2 Å². The summed E-state index contributed by atoms with van der Waals surface area (Å²) in [5.74, 6) is 0.395. The molecule has 1 unspecified atom stereocenters. The predicted molar refractivity (Wildman–Crippen MR) is 84.4 cm³/mol. The second-order valence-corrected chi connectivity index (χ2v) is 8.58. The maximum atomic E-state index is 12.7. The van der Waals surface area contributed by atoms with Crippen LogP contribution in [0.2, 0.25) is 5.02 Å². The number of amides is 1. The Morgan fingerprint density at radius 1 is 1.33 bits per heavy atom. The van der Waals surface area contributed by atoms with Crippen molar-refractivity contribution in [2.75, 3.05) is 18.1 Å². The third-order valence-electron chi connectivity index (χ3n) is 3.56. The number of rotatable bonds is 4. The second-order valence-electron chi connectivity index (χ2n) is 5.92. The van der Waals surface area contributed by atoms with Gasteiger partial charge in [-0.15, -0.1) is 0 Å². The smallest absolute Gasteiger partial charge is 0.254 e. The van der Waals surface area contributed by atoms with Crippen molar-refractivity contribution in [3.8, 4) is 0 Å². The monoisotopic (exact) mass is 329 g/mol. The van der Waals surface area contributed by atoms with E-state index in [1.165, 1.54) is 0 Å². The minimum absolute atomic E-state index is 0.0685. The molecular weight excluding hydrogens is 310 g/mol. The lowest BCUT2D eigenvalue weighted by Crippen LogP contribution is -2.43. The van der Waals surface area contributed by atoms with Gasteiger partial charge in [-0.05, 0) is 36.6 Å². The largest absolute Gasteiger partial charge is 0.334 e. The van der Waals surface area contributed by atoms with Crippen LogP contribution in [0.5, 0.6) is 0 Å². The van der Waals surface area contributed by atoms with Crippen LogP contribution in [0.15, 0.2) is 24.3 Å². The molecule has 2 rings (SSSR count). The molecule has 0 aromatic heterocycles. The molecule has 0 radical (unpaired) electrons. The van der Waals surface area contributed by atoms with Crippen molar-refractivity contribution in [3.63, 3.8) is 0 Å². The minimum Gasteiger partial charge on any atom is -0.334 e. The number of nitrogens with zero attached hydrogens (tertiary/aromatic N) is 1. The Balaban J connectivity index is 2.23. The topological polar surface area (TPSA) is 54.5 Å². The number of sulfone groups is 1. The zero-order chi connectivity index (χ0) is 15.6. The SMILES string of the molecule is CC(C)CN(C(=O)c1ccc(Cl)cc1)C1CCS(=O)(=O)C1. The van der Waals surface area contributed by atoms with E-state index in [1.54, 1.807) is 29.2 Å². The standard InChI is InChI=1S/C15H20ClNO3S/c1-11(2)9-17(14-7-8-21(19,20)10-14)15(18)12-3-5-13(16)6-4-12/h3-6,11,14H,7-10H2,1-2H3. The van der Waals surface area contributed by atoms with Gasteiger partial charge in [0.15, 0.2) is 9.84 Å². The van der Waals surface area contributed by atoms with Gasteiger partial charge in [-0.1, -0.05) is 25.4 Å². The molecular formula is C15H20ClNO3S. The van der Waals surface area contributed by atoms with Crippen molar-refractivity contribution in [2.24, 2.45) is 5.92 Å². The number of carbonyl (C=O) groups is 1. The normalized spacial score (nSPS) is 20.7. The fourth-order valence-electron chi connectivity index (χ4n) is 2.57. The number of hydrogen-bond donors (Lipinski definition) is 0. The van der Waals surface area contributed by atoms with Crippen LogP contribution in [0.1, 0.15) is 30.6 Å². The van der Waals surface area contributed by atoms with Gasteiger partial charge in [0.2, 0.25) is 0 Å². The fraction of sp³-hybridized carbons (Fsp3) is 0.533. The Kier molecular flexibility index (Phi) is 4.94. The summed E-state index contributed by atoms with van der Waals surface area (Å²) >= 11 is 5.84. The molecule has 4 nitrogen and oxygen atoms in total. The molecule has 116 valence electrons. The number of benzene rings is 1. The second kappa shape index (κ2) is 6.36. The van der Waals surface area contributed by atoms with Gasteiger partial charge in [0.1, 0.15) is 0 Å². The zero-order valence-corrected chi connectivity index (χ0v) is 13.8. The Bertz CT molecular complexity index is 610. The van der Waals surface area contributed by atoms with Crippen LogP contribution in [0.3, 0.4) is 0 Å². The van der Waals surface area contributed by atoms with E-state index in [0.29, 0.717) is 23.6 Å². The lowest BCUT2D eigenvalue weighted by molar-refractivity contribution is 0.0672. The third kappa shape index (κ3) is 4.20. The highest BCUT2D eigenvalue weighted by atomic mass is 35.5. The predicted octanol–water partition coefficient (Wildman–Crippen LogP) is 2.63. The van der Waals surface area contributed by atoms with Crippen LogP contribution >= 0.6 is 11.6 Å². The van der Waals surface area contributed by atoms with Crippen LogP contribution in [-0.2, 0) is 9.84 Å². The highest BCUT2D eigenvalue weighted by Gasteiger charge is 2.35. The summed E-state index contributed by atoms with van der Waals surface area (Å²) in [5, 5.41) is 0.574. The molecule has 0 aliphatic carbocycles. The highest BCUT2D eigenvalue weighted by molar-refractivity contribution is 7.91. The fourth-order valence-corrected chi connectivity index (χ4v) is 4.43. The van der Waals surface area contributed by atoms with Crippen molar-refractivity contribution >= 4 is 27.3 Å². The summed E-state index contributed by atoms with van der Waals surface area (Å²) in [5.41, 5.74) is 0.546. The molecule has 1 saturated heterocycles. The molecule has 0 saturated carbocycles. The Morgan fingerprint density at radius 3 is 2.43 bits per heavy atom. The van der Waals surface area contributed by atoms with Gasteiger partial charge in [-0.3, -0.25) is 4.79 Å². The molecule has 1 fully saturated rings. The first-order valence-corrected chi connectivity index (χ1v) is 9.25. The first kappa shape index (κ1) is 16.3. The molecule has 1 heterocycles. The summed E-state index contributed by atoms with van der Waals surface area (Å²) in [6.45, 7) is 4.60. The lowest BCUT2D eigenvalue weighted by Gasteiger charge is -2.30. The molecule has 1 atom stereocenters. The summed E-state index contributed by atoms with van der Waals surface area (Å²) < 4.78 is 23.4. The van der Waals surface area contributed by atoms with Crippen LogP contribution in [0.4, 0.5) is 0 Å². The van der Waals surface area contributed by atoms with Gasteiger partial charge < -0.3 is 4.90 Å². The first-order valence-electron chi connectivity index (χ1n) is 7.05. The van der Waals surface area contributed by atoms with Crippen molar-refractivity contribution in [3.05, 3.63) is 34.9 Å². The van der Waals surface area contributed by atoms with E-state index in [2.05, 4.69) is 0 Å². The Labute approximate surface area is 131 Å². The molecule has 21 heavy (non-hydrogen) atoms. The Hall–Kier alpha value is -1.07. The molecule has 1 aliphatic heterocycles. The van der Waals surface area contributed by atoms with E-state index in [1.807, 2.05) is 13.8 Å². The molecule has 6 heteroatoms.